The van der Waals surface area contributed by atoms with Crippen LogP contribution in [0.4, 0.5) is 11.4 Å². The third-order valence-corrected chi connectivity index (χ3v) is 6.65. The Morgan fingerprint density at radius 2 is 1.87 bits per heavy atom. The fourth-order valence-corrected chi connectivity index (χ4v) is 4.97. The molecule has 1 N–H and O–H groups in total. The van der Waals surface area contributed by atoms with Gasteiger partial charge in [0.15, 0.2) is 0 Å². The Bertz CT molecular complexity index is 871. The first kappa shape index (κ1) is 23.3. The Morgan fingerprint density at radius 3 is 2.48 bits per heavy atom. The third kappa shape index (κ3) is 6.33. The number of benzene rings is 1. The standard InChI is InChI=1S/C25H35N3O2S/c1-18(2)15-24(29)26-20-12-13-22(27(3)4)19(16-20)17-28(21-9-6-5-7-10-21)25(30)23-11-8-14-31-23/h8,11-14,16,18,21H,5-7,9-10,15,17H2,1-4H3,(H,26,29). The molecular weight excluding hydrogens is 406 g/mol. The highest BCUT2D eigenvalue weighted by Gasteiger charge is 2.28. The molecule has 0 atom stereocenters. The van der Waals surface area contributed by atoms with E-state index in [1.54, 1.807) is 0 Å². The zero-order chi connectivity index (χ0) is 22.4. The fraction of sp³-hybridized carbons (Fsp3) is 0.520. The molecule has 1 fully saturated rings. The van der Waals surface area contributed by atoms with Crippen molar-refractivity contribution in [2.45, 2.75) is 65.0 Å². The van der Waals surface area contributed by atoms with Crippen LogP contribution in [-0.2, 0) is 11.3 Å². The van der Waals surface area contributed by atoms with E-state index in [4.69, 9.17) is 0 Å². The smallest absolute Gasteiger partial charge is 0.264 e. The molecule has 0 aliphatic heterocycles. The number of amides is 2. The van der Waals surface area contributed by atoms with Gasteiger partial charge in [0.2, 0.25) is 5.91 Å². The number of anilines is 2. The van der Waals surface area contributed by atoms with Gasteiger partial charge in [0.05, 0.1) is 4.88 Å². The van der Waals surface area contributed by atoms with E-state index in [0.717, 1.165) is 34.7 Å². The van der Waals surface area contributed by atoms with Crippen LogP contribution < -0.4 is 10.2 Å². The van der Waals surface area contributed by atoms with Crippen molar-refractivity contribution >= 4 is 34.5 Å². The van der Waals surface area contributed by atoms with Crippen LogP contribution in [0.25, 0.3) is 0 Å². The molecule has 1 aliphatic carbocycles. The maximum atomic E-state index is 13.4. The van der Waals surface area contributed by atoms with Gasteiger partial charge < -0.3 is 15.1 Å². The van der Waals surface area contributed by atoms with E-state index in [1.807, 2.05) is 63.7 Å². The zero-order valence-electron chi connectivity index (χ0n) is 19.2. The second-order valence-corrected chi connectivity index (χ2v) is 10.0. The Hall–Kier alpha value is -2.34. The summed E-state index contributed by atoms with van der Waals surface area (Å²) in [6.07, 6.45) is 6.20. The number of carbonyl (C=O) groups excluding carboxylic acids is 2. The Labute approximate surface area is 190 Å². The number of carbonyl (C=O) groups is 2. The van der Waals surface area contributed by atoms with Crippen LogP contribution in [0.15, 0.2) is 35.7 Å². The molecule has 1 heterocycles. The molecular formula is C25H35N3O2S. The molecule has 0 spiro atoms. The van der Waals surface area contributed by atoms with Gasteiger partial charge in [-0.05, 0) is 54.0 Å². The molecule has 0 radical (unpaired) electrons. The molecule has 2 amide bonds. The first-order valence-electron chi connectivity index (χ1n) is 11.3. The van der Waals surface area contributed by atoms with Gasteiger partial charge in [0.25, 0.3) is 5.91 Å². The van der Waals surface area contributed by atoms with Crippen molar-refractivity contribution in [3.63, 3.8) is 0 Å². The summed E-state index contributed by atoms with van der Waals surface area (Å²) in [4.78, 5) is 30.7. The van der Waals surface area contributed by atoms with E-state index in [-0.39, 0.29) is 17.9 Å². The van der Waals surface area contributed by atoms with Crippen molar-refractivity contribution in [2.24, 2.45) is 5.92 Å². The van der Waals surface area contributed by atoms with Gasteiger partial charge in [-0.1, -0.05) is 39.2 Å². The molecule has 1 aromatic carbocycles. The summed E-state index contributed by atoms with van der Waals surface area (Å²) in [6, 6.07) is 10.1. The zero-order valence-corrected chi connectivity index (χ0v) is 20.0. The topological polar surface area (TPSA) is 52.7 Å². The minimum absolute atomic E-state index is 0.0253. The predicted octanol–water partition coefficient (Wildman–Crippen LogP) is 5.77. The monoisotopic (exact) mass is 441 g/mol. The Morgan fingerprint density at radius 1 is 1.13 bits per heavy atom. The Kier molecular flexibility index (Phi) is 8.13. The van der Waals surface area contributed by atoms with Gasteiger partial charge in [0.1, 0.15) is 0 Å². The predicted molar refractivity (Wildman–Crippen MR) is 130 cm³/mol. The van der Waals surface area contributed by atoms with Crippen molar-refractivity contribution < 1.29 is 9.59 Å². The average Bonchev–Trinajstić information content (AvgIpc) is 3.26. The van der Waals surface area contributed by atoms with Crippen molar-refractivity contribution in [1.29, 1.82) is 0 Å². The lowest BCUT2D eigenvalue weighted by Gasteiger charge is -2.35. The summed E-state index contributed by atoms with van der Waals surface area (Å²) >= 11 is 1.50. The Balaban J connectivity index is 1.89. The van der Waals surface area contributed by atoms with Gasteiger partial charge in [-0.15, -0.1) is 11.3 Å². The second kappa shape index (κ2) is 10.8. The van der Waals surface area contributed by atoms with Crippen molar-refractivity contribution in [2.75, 3.05) is 24.3 Å². The lowest BCUT2D eigenvalue weighted by Crippen LogP contribution is -2.41. The lowest BCUT2D eigenvalue weighted by atomic mass is 9.93. The fourth-order valence-electron chi connectivity index (χ4n) is 4.29. The van der Waals surface area contributed by atoms with Crippen LogP contribution in [-0.4, -0.2) is 36.9 Å². The highest BCUT2D eigenvalue weighted by Crippen LogP contribution is 2.30. The van der Waals surface area contributed by atoms with E-state index in [9.17, 15) is 9.59 Å². The molecule has 1 aliphatic rings. The van der Waals surface area contributed by atoms with Crippen molar-refractivity contribution in [3.05, 3.63) is 46.2 Å². The van der Waals surface area contributed by atoms with Crippen LogP contribution in [0.2, 0.25) is 0 Å². The minimum Gasteiger partial charge on any atom is -0.377 e. The van der Waals surface area contributed by atoms with Crippen LogP contribution in [0, 0.1) is 5.92 Å². The van der Waals surface area contributed by atoms with Gasteiger partial charge in [-0.2, -0.15) is 0 Å². The average molecular weight is 442 g/mol. The van der Waals surface area contributed by atoms with Crippen LogP contribution in [0.5, 0.6) is 0 Å². The largest absolute Gasteiger partial charge is 0.377 e. The first-order valence-corrected chi connectivity index (χ1v) is 12.2. The van der Waals surface area contributed by atoms with Gasteiger partial charge in [0, 0.05) is 44.5 Å². The summed E-state index contributed by atoms with van der Waals surface area (Å²) in [5, 5.41) is 4.99. The molecule has 168 valence electrons. The molecule has 3 rings (SSSR count). The number of nitrogens with one attached hydrogen (secondary N) is 1. The third-order valence-electron chi connectivity index (χ3n) is 5.79. The highest BCUT2D eigenvalue weighted by atomic mass is 32.1. The molecule has 1 aromatic heterocycles. The number of nitrogens with zero attached hydrogens (tertiary/aromatic N) is 2. The van der Waals surface area contributed by atoms with E-state index in [0.29, 0.717) is 18.9 Å². The van der Waals surface area contributed by atoms with Gasteiger partial charge in [-0.3, -0.25) is 9.59 Å². The maximum Gasteiger partial charge on any atom is 0.264 e. The molecule has 6 heteroatoms. The summed E-state index contributed by atoms with van der Waals surface area (Å²) < 4.78 is 0. The summed E-state index contributed by atoms with van der Waals surface area (Å²) in [6.45, 7) is 4.62. The summed E-state index contributed by atoms with van der Waals surface area (Å²) in [7, 11) is 4.03. The van der Waals surface area contributed by atoms with Crippen molar-refractivity contribution in [3.8, 4) is 0 Å². The first-order chi connectivity index (χ1) is 14.8. The SMILES string of the molecule is CC(C)CC(=O)Nc1ccc(N(C)C)c(CN(C(=O)c2cccs2)C2CCCCC2)c1. The summed E-state index contributed by atoms with van der Waals surface area (Å²) in [5.41, 5.74) is 2.92. The lowest BCUT2D eigenvalue weighted by molar-refractivity contribution is -0.116. The minimum atomic E-state index is 0.0253. The normalized spacial score (nSPS) is 14.5. The number of hydrogen-bond donors (Lipinski definition) is 1. The van der Waals surface area contributed by atoms with Gasteiger partial charge in [-0.25, -0.2) is 0 Å². The van der Waals surface area contributed by atoms with E-state index < -0.39 is 0 Å². The molecule has 0 unspecified atom stereocenters. The molecule has 5 nitrogen and oxygen atoms in total. The van der Waals surface area contributed by atoms with Crippen LogP contribution in [0.3, 0.4) is 0 Å². The highest BCUT2D eigenvalue weighted by molar-refractivity contribution is 7.12. The van der Waals surface area contributed by atoms with Crippen LogP contribution >= 0.6 is 11.3 Å². The van der Waals surface area contributed by atoms with E-state index in [1.165, 1.54) is 30.6 Å². The molecule has 31 heavy (non-hydrogen) atoms. The second-order valence-electron chi connectivity index (χ2n) is 9.09. The molecule has 1 saturated carbocycles. The van der Waals surface area contributed by atoms with Gasteiger partial charge >= 0.3 is 0 Å². The quantitative estimate of drug-likeness (QED) is 0.565. The van der Waals surface area contributed by atoms with Crippen molar-refractivity contribution in [1.82, 2.24) is 4.90 Å². The molecule has 0 bridgehead atoms. The number of thiophene rings is 1. The molecule has 2 aromatic rings. The maximum absolute atomic E-state index is 13.4. The molecule has 0 saturated heterocycles. The summed E-state index contributed by atoms with van der Waals surface area (Å²) in [5.74, 6) is 0.448. The number of rotatable bonds is 8. The van der Waals surface area contributed by atoms with E-state index >= 15 is 0 Å². The van der Waals surface area contributed by atoms with Crippen LogP contribution in [0.1, 0.15) is 67.6 Å². The van der Waals surface area contributed by atoms with E-state index in [2.05, 4.69) is 15.1 Å². The number of hydrogen-bond acceptors (Lipinski definition) is 4.